The van der Waals surface area contributed by atoms with Crippen LogP contribution in [0.1, 0.15) is 26.2 Å². The summed E-state index contributed by atoms with van der Waals surface area (Å²) < 4.78 is 1.25. The van der Waals surface area contributed by atoms with E-state index in [1.54, 1.807) is 13.2 Å². The van der Waals surface area contributed by atoms with E-state index in [0.717, 1.165) is 12.2 Å². The Labute approximate surface area is 116 Å². The second-order valence-corrected chi connectivity index (χ2v) is 6.37. The summed E-state index contributed by atoms with van der Waals surface area (Å²) in [5.74, 6) is 1.12. The first-order valence-corrected chi connectivity index (χ1v) is 7.66. The van der Waals surface area contributed by atoms with Crippen molar-refractivity contribution in [1.29, 1.82) is 0 Å². The fraction of sp³-hybridized carbons (Fsp3) is 0.667. The topological polar surface area (TPSA) is 46.9 Å². The van der Waals surface area contributed by atoms with Gasteiger partial charge in [0.15, 0.2) is 0 Å². The van der Waals surface area contributed by atoms with Gasteiger partial charge in [-0.3, -0.25) is 4.79 Å². The maximum absolute atomic E-state index is 11.7. The molecule has 0 bridgehead atoms. The number of nitrogens with one attached hydrogen (secondary N) is 1. The highest BCUT2D eigenvalue weighted by Crippen LogP contribution is 2.32. The predicted molar refractivity (Wildman–Crippen MR) is 77.7 cm³/mol. The van der Waals surface area contributed by atoms with E-state index in [-0.39, 0.29) is 10.6 Å². The van der Waals surface area contributed by atoms with E-state index in [1.165, 1.54) is 17.5 Å². The molecule has 1 heterocycles. The SMILES string of the molecule is CCSC1CCCC1Nc1cnn(C)c(=O)c1Cl. The molecule has 4 nitrogen and oxygen atoms in total. The first-order valence-electron chi connectivity index (χ1n) is 6.23. The largest absolute Gasteiger partial charge is 0.379 e. The van der Waals surface area contributed by atoms with Crippen LogP contribution in [0.5, 0.6) is 0 Å². The fourth-order valence-electron chi connectivity index (χ4n) is 2.32. The average molecular weight is 288 g/mol. The Balaban J connectivity index is 2.14. The van der Waals surface area contributed by atoms with Crippen molar-refractivity contribution in [3.8, 4) is 0 Å². The van der Waals surface area contributed by atoms with Crippen LogP contribution in [0.2, 0.25) is 5.02 Å². The Morgan fingerprint density at radius 3 is 3.11 bits per heavy atom. The highest BCUT2D eigenvalue weighted by molar-refractivity contribution is 7.99. The van der Waals surface area contributed by atoms with Crippen LogP contribution in [-0.2, 0) is 7.05 Å². The standard InChI is InChI=1S/C12H18ClN3OS/c1-3-18-10-6-4-5-8(10)15-9-7-14-16(2)12(17)11(9)13/h7-8,10,15H,3-6H2,1-2H3. The van der Waals surface area contributed by atoms with Gasteiger partial charge in [0.1, 0.15) is 5.02 Å². The molecule has 0 radical (unpaired) electrons. The predicted octanol–water partition coefficient (Wildman–Crippen LogP) is 2.52. The zero-order valence-electron chi connectivity index (χ0n) is 10.6. The third-order valence-corrected chi connectivity index (χ3v) is 4.94. The summed E-state index contributed by atoms with van der Waals surface area (Å²) in [4.78, 5) is 11.7. The van der Waals surface area contributed by atoms with Crippen molar-refractivity contribution in [2.45, 2.75) is 37.5 Å². The summed E-state index contributed by atoms with van der Waals surface area (Å²) in [5.41, 5.74) is 0.410. The van der Waals surface area contributed by atoms with E-state index in [0.29, 0.717) is 17.0 Å². The molecular weight excluding hydrogens is 270 g/mol. The van der Waals surface area contributed by atoms with E-state index in [4.69, 9.17) is 11.6 Å². The number of hydrogen-bond donors (Lipinski definition) is 1. The molecule has 100 valence electrons. The minimum Gasteiger partial charge on any atom is -0.379 e. The van der Waals surface area contributed by atoms with Crippen LogP contribution in [0.15, 0.2) is 11.0 Å². The Hall–Kier alpha value is -0.680. The van der Waals surface area contributed by atoms with Crippen molar-refractivity contribution >= 4 is 29.1 Å². The summed E-state index contributed by atoms with van der Waals surface area (Å²) in [6.07, 6.45) is 5.22. The molecule has 2 atom stereocenters. The average Bonchev–Trinajstić information content (AvgIpc) is 2.78. The van der Waals surface area contributed by atoms with Crippen LogP contribution in [-0.4, -0.2) is 26.8 Å². The zero-order chi connectivity index (χ0) is 13.1. The highest BCUT2D eigenvalue weighted by Gasteiger charge is 2.27. The lowest BCUT2D eigenvalue weighted by Gasteiger charge is -2.21. The molecule has 1 aromatic rings. The molecule has 18 heavy (non-hydrogen) atoms. The van der Waals surface area contributed by atoms with Crippen molar-refractivity contribution in [1.82, 2.24) is 9.78 Å². The van der Waals surface area contributed by atoms with Crippen molar-refractivity contribution < 1.29 is 0 Å². The molecule has 0 aliphatic heterocycles. The summed E-state index contributed by atoms with van der Waals surface area (Å²) in [6.45, 7) is 2.17. The monoisotopic (exact) mass is 287 g/mol. The number of rotatable bonds is 4. The van der Waals surface area contributed by atoms with Gasteiger partial charge >= 0.3 is 0 Å². The van der Waals surface area contributed by atoms with Crippen LogP contribution in [0.3, 0.4) is 0 Å². The van der Waals surface area contributed by atoms with E-state index < -0.39 is 0 Å². The molecule has 1 N–H and O–H groups in total. The number of nitrogens with zero attached hydrogens (tertiary/aromatic N) is 2. The molecule has 1 saturated carbocycles. The normalized spacial score (nSPS) is 23.3. The maximum atomic E-state index is 11.7. The lowest BCUT2D eigenvalue weighted by molar-refractivity contribution is 0.702. The second kappa shape index (κ2) is 5.97. The molecule has 1 aliphatic rings. The van der Waals surface area contributed by atoms with Gasteiger partial charge < -0.3 is 5.32 Å². The molecule has 2 unspecified atom stereocenters. The van der Waals surface area contributed by atoms with Crippen molar-refractivity contribution in [2.24, 2.45) is 7.05 Å². The van der Waals surface area contributed by atoms with Crippen LogP contribution >= 0.6 is 23.4 Å². The quantitative estimate of drug-likeness (QED) is 0.924. The van der Waals surface area contributed by atoms with Crippen molar-refractivity contribution in [2.75, 3.05) is 11.1 Å². The summed E-state index contributed by atoms with van der Waals surface area (Å²) >= 11 is 8.03. The van der Waals surface area contributed by atoms with Gasteiger partial charge in [-0.25, -0.2) is 4.68 Å². The van der Waals surface area contributed by atoms with E-state index in [9.17, 15) is 4.79 Å². The number of aromatic nitrogens is 2. The van der Waals surface area contributed by atoms with E-state index in [2.05, 4.69) is 17.3 Å². The molecule has 1 fully saturated rings. The third kappa shape index (κ3) is 2.83. The van der Waals surface area contributed by atoms with E-state index in [1.807, 2.05) is 11.8 Å². The number of halogens is 1. The minimum atomic E-state index is -0.251. The molecule has 2 rings (SSSR count). The molecule has 1 aliphatic carbocycles. The van der Waals surface area contributed by atoms with Crippen LogP contribution in [0.25, 0.3) is 0 Å². The summed E-state index contributed by atoms with van der Waals surface area (Å²) in [7, 11) is 1.60. The summed E-state index contributed by atoms with van der Waals surface area (Å²) in [5, 5.41) is 8.23. The van der Waals surface area contributed by atoms with Gasteiger partial charge in [0, 0.05) is 18.3 Å². The first kappa shape index (κ1) is 13.7. The van der Waals surface area contributed by atoms with Crippen LogP contribution in [0, 0.1) is 0 Å². The highest BCUT2D eigenvalue weighted by atomic mass is 35.5. The zero-order valence-corrected chi connectivity index (χ0v) is 12.2. The van der Waals surface area contributed by atoms with Crippen molar-refractivity contribution in [3.05, 3.63) is 21.6 Å². The second-order valence-electron chi connectivity index (χ2n) is 4.48. The van der Waals surface area contributed by atoms with Crippen LogP contribution < -0.4 is 10.9 Å². The lowest BCUT2D eigenvalue weighted by atomic mass is 10.2. The number of thioether (sulfide) groups is 1. The summed E-state index contributed by atoms with van der Waals surface area (Å²) in [6, 6.07) is 0.390. The number of aryl methyl sites for hydroxylation is 1. The fourth-order valence-corrected chi connectivity index (χ4v) is 3.74. The maximum Gasteiger partial charge on any atom is 0.287 e. The molecule has 0 aromatic carbocycles. The van der Waals surface area contributed by atoms with E-state index >= 15 is 0 Å². The van der Waals surface area contributed by atoms with Gasteiger partial charge in [0.2, 0.25) is 0 Å². The van der Waals surface area contributed by atoms with Crippen LogP contribution in [0.4, 0.5) is 5.69 Å². The molecule has 0 amide bonds. The Morgan fingerprint density at radius 1 is 1.61 bits per heavy atom. The molecule has 6 heteroatoms. The van der Waals surface area contributed by atoms with Gasteiger partial charge in [0.05, 0.1) is 11.9 Å². The number of hydrogen-bond acceptors (Lipinski definition) is 4. The molecule has 0 spiro atoms. The third-order valence-electron chi connectivity index (χ3n) is 3.25. The Bertz CT molecular complexity index is 477. The molecular formula is C12H18ClN3OS. The Kier molecular flexibility index (Phi) is 4.56. The van der Waals surface area contributed by atoms with Crippen molar-refractivity contribution in [3.63, 3.8) is 0 Å². The molecule has 1 aromatic heterocycles. The smallest absolute Gasteiger partial charge is 0.287 e. The number of anilines is 1. The Morgan fingerprint density at radius 2 is 2.39 bits per heavy atom. The molecule has 0 saturated heterocycles. The van der Waals surface area contributed by atoms with Gasteiger partial charge in [-0.1, -0.05) is 24.9 Å². The van der Waals surface area contributed by atoms with Gasteiger partial charge in [-0.2, -0.15) is 16.9 Å². The van der Waals surface area contributed by atoms with Gasteiger partial charge in [-0.05, 0) is 18.6 Å². The van der Waals surface area contributed by atoms with Gasteiger partial charge in [0.25, 0.3) is 5.56 Å². The minimum absolute atomic E-state index is 0.236. The first-order chi connectivity index (χ1) is 8.63. The van der Waals surface area contributed by atoms with Gasteiger partial charge in [-0.15, -0.1) is 0 Å². The lowest BCUT2D eigenvalue weighted by Crippen LogP contribution is -2.28.